The summed E-state index contributed by atoms with van der Waals surface area (Å²) < 4.78 is 2.19. The topological polar surface area (TPSA) is 20.2 Å². The molecule has 3 nitrogen and oxygen atoms in total. The van der Waals surface area contributed by atoms with Crippen LogP contribution in [0.4, 0.5) is 0 Å². The highest BCUT2D eigenvalue weighted by Crippen LogP contribution is 2.29. The van der Waals surface area contributed by atoms with E-state index >= 15 is 0 Å². The molecular weight excluding hydrogens is 290 g/mol. The van der Waals surface area contributed by atoms with E-state index in [1.165, 1.54) is 36.5 Å². The van der Waals surface area contributed by atoms with Crippen LogP contribution in [0.25, 0.3) is 0 Å². The second-order valence-corrected chi connectivity index (χ2v) is 7.47. The Morgan fingerprint density at radius 2 is 2.09 bits per heavy atom. The van der Waals surface area contributed by atoms with Crippen molar-refractivity contribution in [2.24, 2.45) is 13.0 Å². The summed E-state index contributed by atoms with van der Waals surface area (Å²) in [5.74, 6) is 0.886. The molecule has 0 spiro atoms. The number of rotatable bonds is 6. The summed E-state index contributed by atoms with van der Waals surface area (Å²) in [6.45, 7) is 6.81. The van der Waals surface area contributed by atoms with Gasteiger partial charge in [0.1, 0.15) is 0 Å². The molecule has 2 aromatic rings. The number of nitrogens with zero attached hydrogens (tertiary/aromatic N) is 2. The van der Waals surface area contributed by atoms with E-state index in [-0.39, 0.29) is 0 Å². The van der Waals surface area contributed by atoms with Crippen molar-refractivity contribution in [2.45, 2.75) is 32.4 Å². The molecule has 1 N–H and O–H groups in total. The summed E-state index contributed by atoms with van der Waals surface area (Å²) in [4.78, 5) is 4.16. The Bertz CT molecular complexity index is 553. The fraction of sp³-hybridized carbons (Fsp3) is 0.556. The van der Waals surface area contributed by atoms with Crippen molar-refractivity contribution < 1.29 is 0 Å². The van der Waals surface area contributed by atoms with E-state index in [9.17, 15) is 0 Å². The Kier molecular flexibility index (Phi) is 5.34. The Morgan fingerprint density at radius 3 is 2.73 bits per heavy atom. The molecule has 120 valence electrons. The molecule has 1 fully saturated rings. The van der Waals surface area contributed by atoms with E-state index in [0.717, 1.165) is 19.0 Å². The molecule has 0 radical (unpaired) electrons. The molecule has 0 saturated carbocycles. The van der Waals surface area contributed by atoms with E-state index in [4.69, 9.17) is 0 Å². The average Bonchev–Trinajstić information content (AvgIpc) is 3.17. The Labute approximate surface area is 138 Å². The lowest BCUT2D eigenvalue weighted by atomic mass is 9.97. The first-order valence-corrected chi connectivity index (χ1v) is 9.20. The van der Waals surface area contributed by atoms with Gasteiger partial charge in [-0.2, -0.15) is 0 Å². The Balaban J connectivity index is 1.60. The fourth-order valence-corrected chi connectivity index (χ4v) is 4.11. The van der Waals surface area contributed by atoms with Gasteiger partial charge >= 0.3 is 0 Å². The first-order valence-electron chi connectivity index (χ1n) is 8.32. The predicted octanol–water partition coefficient (Wildman–Crippen LogP) is 3.65. The van der Waals surface area contributed by atoms with E-state index < -0.39 is 0 Å². The molecule has 0 amide bonds. The molecule has 0 aliphatic carbocycles. The van der Waals surface area contributed by atoms with Gasteiger partial charge in [-0.1, -0.05) is 13.0 Å². The van der Waals surface area contributed by atoms with Crippen molar-refractivity contribution in [3.63, 3.8) is 0 Å². The van der Waals surface area contributed by atoms with Crippen molar-refractivity contribution in [1.82, 2.24) is 14.8 Å². The predicted molar refractivity (Wildman–Crippen MR) is 94.2 cm³/mol. The minimum atomic E-state index is 0.521. The standard InChI is InChI=1S/C18H27N3S/c1-15-7-10-21(11-8-15)17(18-6-4-12-22-18)14-19-13-16-5-3-9-20(16)2/h3-6,9,12,15,17,19H,7-8,10-11,13-14H2,1-2H3. The zero-order valence-corrected chi connectivity index (χ0v) is 14.5. The quantitative estimate of drug-likeness (QED) is 0.877. The van der Waals surface area contributed by atoms with Crippen LogP contribution < -0.4 is 5.32 Å². The lowest BCUT2D eigenvalue weighted by Crippen LogP contribution is -2.40. The first-order chi connectivity index (χ1) is 10.7. The van der Waals surface area contributed by atoms with Crippen molar-refractivity contribution in [3.05, 3.63) is 46.4 Å². The van der Waals surface area contributed by atoms with E-state index in [2.05, 4.69) is 64.6 Å². The first kappa shape index (κ1) is 15.8. The molecule has 3 rings (SSSR count). The van der Waals surface area contributed by atoms with Crippen molar-refractivity contribution in [2.75, 3.05) is 19.6 Å². The van der Waals surface area contributed by atoms with Crippen LogP contribution in [-0.2, 0) is 13.6 Å². The van der Waals surface area contributed by atoms with Gasteiger partial charge in [-0.05, 0) is 55.4 Å². The van der Waals surface area contributed by atoms with Crippen molar-refractivity contribution >= 4 is 11.3 Å². The maximum Gasteiger partial charge on any atom is 0.0566 e. The highest BCUT2D eigenvalue weighted by atomic mass is 32.1. The number of aryl methyl sites for hydroxylation is 1. The van der Waals surface area contributed by atoms with E-state index in [1.54, 1.807) is 0 Å². The molecule has 1 saturated heterocycles. The number of nitrogens with one attached hydrogen (secondary N) is 1. The number of aromatic nitrogens is 1. The summed E-state index contributed by atoms with van der Waals surface area (Å²) in [5, 5.41) is 5.87. The Hall–Kier alpha value is -1.10. The molecule has 1 unspecified atom stereocenters. The maximum atomic E-state index is 3.67. The lowest BCUT2D eigenvalue weighted by molar-refractivity contribution is 0.137. The van der Waals surface area contributed by atoms with Crippen LogP contribution in [-0.4, -0.2) is 29.1 Å². The molecule has 3 heterocycles. The molecule has 1 aliphatic rings. The number of hydrogen-bond donors (Lipinski definition) is 1. The molecule has 22 heavy (non-hydrogen) atoms. The average molecular weight is 318 g/mol. The van der Waals surface area contributed by atoms with E-state index in [1.807, 2.05) is 11.3 Å². The summed E-state index contributed by atoms with van der Waals surface area (Å²) >= 11 is 1.89. The summed E-state index contributed by atoms with van der Waals surface area (Å²) in [6, 6.07) is 9.29. The molecular formula is C18H27N3S. The molecule has 4 heteroatoms. The molecule has 0 aromatic carbocycles. The second kappa shape index (κ2) is 7.44. The van der Waals surface area contributed by atoms with Gasteiger partial charge in [0, 0.05) is 36.9 Å². The largest absolute Gasteiger partial charge is 0.353 e. The highest BCUT2D eigenvalue weighted by molar-refractivity contribution is 7.10. The van der Waals surface area contributed by atoms with Crippen LogP contribution in [0, 0.1) is 5.92 Å². The van der Waals surface area contributed by atoms with Crippen LogP contribution >= 0.6 is 11.3 Å². The van der Waals surface area contributed by atoms with Gasteiger partial charge in [0.05, 0.1) is 6.04 Å². The monoisotopic (exact) mass is 317 g/mol. The third kappa shape index (κ3) is 3.80. The normalized spacial score (nSPS) is 18.6. The Morgan fingerprint density at radius 1 is 1.27 bits per heavy atom. The number of piperidine rings is 1. The smallest absolute Gasteiger partial charge is 0.0566 e. The van der Waals surface area contributed by atoms with Gasteiger partial charge in [0.25, 0.3) is 0 Å². The zero-order chi connectivity index (χ0) is 15.4. The number of hydrogen-bond acceptors (Lipinski definition) is 3. The van der Waals surface area contributed by atoms with Crippen LogP contribution in [0.15, 0.2) is 35.8 Å². The minimum absolute atomic E-state index is 0.521. The van der Waals surface area contributed by atoms with E-state index in [0.29, 0.717) is 6.04 Å². The van der Waals surface area contributed by atoms with Crippen LogP contribution in [0.5, 0.6) is 0 Å². The molecule has 1 atom stereocenters. The third-order valence-corrected chi connectivity index (χ3v) is 5.80. The second-order valence-electron chi connectivity index (χ2n) is 6.49. The van der Waals surface area contributed by atoms with Crippen LogP contribution in [0.2, 0.25) is 0 Å². The maximum absolute atomic E-state index is 3.67. The highest BCUT2D eigenvalue weighted by Gasteiger charge is 2.24. The van der Waals surface area contributed by atoms with Gasteiger partial charge in [-0.3, -0.25) is 4.90 Å². The van der Waals surface area contributed by atoms with Crippen LogP contribution in [0.1, 0.15) is 36.4 Å². The van der Waals surface area contributed by atoms with Gasteiger partial charge < -0.3 is 9.88 Å². The number of likely N-dealkylation sites (tertiary alicyclic amines) is 1. The fourth-order valence-electron chi connectivity index (χ4n) is 3.25. The van der Waals surface area contributed by atoms with Gasteiger partial charge in [-0.25, -0.2) is 0 Å². The van der Waals surface area contributed by atoms with Crippen molar-refractivity contribution in [1.29, 1.82) is 0 Å². The zero-order valence-electron chi connectivity index (χ0n) is 13.7. The summed E-state index contributed by atoms with van der Waals surface area (Å²) in [5.41, 5.74) is 1.34. The molecule has 2 aromatic heterocycles. The lowest BCUT2D eigenvalue weighted by Gasteiger charge is -2.36. The van der Waals surface area contributed by atoms with Gasteiger partial charge in [0.15, 0.2) is 0 Å². The molecule has 1 aliphatic heterocycles. The third-order valence-electron chi connectivity index (χ3n) is 4.83. The molecule has 0 bridgehead atoms. The summed E-state index contributed by atoms with van der Waals surface area (Å²) in [6.07, 6.45) is 4.78. The SMILES string of the molecule is CC1CCN(C(CNCc2cccn2C)c2cccs2)CC1. The minimum Gasteiger partial charge on any atom is -0.353 e. The number of thiophene rings is 1. The summed E-state index contributed by atoms with van der Waals surface area (Å²) in [7, 11) is 2.11. The van der Waals surface area contributed by atoms with Gasteiger partial charge in [0.2, 0.25) is 0 Å². The van der Waals surface area contributed by atoms with Crippen molar-refractivity contribution in [3.8, 4) is 0 Å². The van der Waals surface area contributed by atoms with Crippen LogP contribution in [0.3, 0.4) is 0 Å². The van der Waals surface area contributed by atoms with Gasteiger partial charge in [-0.15, -0.1) is 11.3 Å².